The quantitative estimate of drug-likeness (QED) is 0.466. The second-order valence-corrected chi connectivity index (χ2v) is 4.03. The molecule has 0 N–H and O–H groups in total. The molecule has 0 spiro atoms. The molecule has 0 saturated heterocycles. The van der Waals surface area contributed by atoms with Gasteiger partial charge in [-0.2, -0.15) is 11.6 Å². The van der Waals surface area contributed by atoms with Crippen LogP contribution in [0, 0.1) is 6.54 Å². The van der Waals surface area contributed by atoms with Crippen LogP contribution in [-0.4, -0.2) is 31.1 Å². The van der Waals surface area contributed by atoms with Crippen molar-refractivity contribution in [3.05, 3.63) is 59.9 Å². The second-order valence-electron chi connectivity index (χ2n) is 4.03. The molecule has 1 aliphatic heterocycles. The molecule has 0 atom stereocenters. The Balaban J connectivity index is 0.00000220. The summed E-state index contributed by atoms with van der Waals surface area (Å²) in [7, 11) is 2.51. The van der Waals surface area contributed by atoms with Crippen molar-refractivity contribution >= 4 is 18.0 Å². The fourth-order valence-corrected chi connectivity index (χ4v) is 1.80. The zero-order chi connectivity index (χ0) is 14.5. The van der Waals surface area contributed by atoms with E-state index in [4.69, 9.17) is 0 Å². The van der Waals surface area contributed by atoms with Gasteiger partial charge < -0.3 is 14.4 Å². The van der Waals surface area contributed by atoms with Crippen molar-refractivity contribution in [2.24, 2.45) is 0 Å². The molecule has 107 valence electrons. The summed E-state index contributed by atoms with van der Waals surface area (Å²) in [4.78, 5) is 24.7. The van der Waals surface area contributed by atoms with Crippen molar-refractivity contribution in [3.63, 3.8) is 0 Å². The van der Waals surface area contributed by atoms with Crippen LogP contribution in [0.2, 0.25) is 0 Å². The van der Waals surface area contributed by atoms with Gasteiger partial charge in [0.2, 0.25) is 0 Å². The van der Waals surface area contributed by atoms with E-state index in [2.05, 4.69) is 9.47 Å². The third-order valence-corrected chi connectivity index (χ3v) is 2.82. The molecule has 21 heavy (non-hydrogen) atoms. The van der Waals surface area contributed by atoms with E-state index in [0.717, 1.165) is 17.2 Å². The number of methoxy groups -OCH3 is 2. The Morgan fingerprint density at radius 3 is 2.57 bits per heavy atom. The van der Waals surface area contributed by atoms with Crippen LogP contribution in [0.1, 0.15) is 11.1 Å². The molecule has 0 fully saturated rings. The van der Waals surface area contributed by atoms with E-state index in [-0.39, 0.29) is 38.4 Å². The first-order chi connectivity index (χ1) is 9.65. The number of carbonyl (C=O) groups is 2. The Morgan fingerprint density at radius 2 is 1.90 bits per heavy atom. The van der Waals surface area contributed by atoms with Crippen molar-refractivity contribution < 1.29 is 51.8 Å². The van der Waals surface area contributed by atoms with E-state index < -0.39 is 11.9 Å². The molecule has 0 aromatic heterocycles. The van der Waals surface area contributed by atoms with E-state index in [1.807, 2.05) is 30.3 Å². The summed E-state index contributed by atoms with van der Waals surface area (Å²) >= 11 is 0. The predicted octanol–water partition coefficient (Wildman–Crippen LogP) is 1.71. The molecule has 5 nitrogen and oxygen atoms in total. The van der Waals surface area contributed by atoms with Crippen LogP contribution >= 0.6 is 0 Å². The Morgan fingerprint density at radius 1 is 1.19 bits per heavy atom. The first kappa shape index (κ1) is 17.5. The van der Waals surface area contributed by atoms with Crippen LogP contribution in [0.3, 0.4) is 0 Å². The molecule has 0 unspecified atom stereocenters. The molecule has 1 heterocycles. The Bertz CT molecular complexity index is 595. The standard InChI is InChI=1S/C15H14NO4.Y/c1-19-14(17)9-13(15(18)20-2)16-8-7-11-5-3-4-6-12(11)10-16;/h3-10H,1-2H3;/q-1;/b13-9+;. The molecule has 0 amide bonds. The SMILES string of the molecule is COC(=O)/C=C(\C(=O)OC)N1C=Cc2ccccc2[CH-]1.[Y]. The van der Waals surface area contributed by atoms with E-state index in [1.54, 1.807) is 12.7 Å². The number of hydrogen-bond acceptors (Lipinski definition) is 5. The Labute approximate surface area is 148 Å². The predicted molar refractivity (Wildman–Crippen MR) is 72.8 cm³/mol. The van der Waals surface area contributed by atoms with Gasteiger partial charge in [-0.05, 0) is 6.20 Å². The maximum absolute atomic E-state index is 11.8. The van der Waals surface area contributed by atoms with Gasteiger partial charge in [-0.25, -0.2) is 9.59 Å². The van der Waals surface area contributed by atoms with Gasteiger partial charge in [0.25, 0.3) is 0 Å². The smallest absolute Gasteiger partial charge is 0.354 e. The molecule has 2 rings (SSSR count). The average Bonchev–Trinajstić information content (AvgIpc) is 2.51. The zero-order valence-electron chi connectivity index (χ0n) is 11.8. The van der Waals surface area contributed by atoms with Gasteiger partial charge in [0, 0.05) is 32.7 Å². The topological polar surface area (TPSA) is 55.8 Å². The minimum Gasteiger partial charge on any atom is -0.466 e. The summed E-state index contributed by atoms with van der Waals surface area (Å²) in [6.07, 6.45) is 4.64. The molecule has 6 heteroatoms. The van der Waals surface area contributed by atoms with Crippen molar-refractivity contribution in [3.8, 4) is 0 Å². The van der Waals surface area contributed by atoms with Crippen molar-refractivity contribution in [1.29, 1.82) is 0 Å². The normalized spacial score (nSPS) is 12.7. The molecule has 1 radical (unpaired) electrons. The maximum atomic E-state index is 11.8. The van der Waals surface area contributed by atoms with Crippen molar-refractivity contribution in [2.75, 3.05) is 14.2 Å². The van der Waals surface area contributed by atoms with Gasteiger partial charge in [0.05, 0.1) is 20.3 Å². The minimum absolute atomic E-state index is 0. The second kappa shape index (κ2) is 8.00. The van der Waals surface area contributed by atoms with E-state index in [1.165, 1.54) is 19.1 Å². The summed E-state index contributed by atoms with van der Waals surface area (Å²) in [5.41, 5.74) is 2.06. The molecule has 1 aliphatic rings. The van der Waals surface area contributed by atoms with Crippen molar-refractivity contribution in [1.82, 2.24) is 4.90 Å². The van der Waals surface area contributed by atoms with E-state index in [0.29, 0.717) is 0 Å². The fourth-order valence-electron chi connectivity index (χ4n) is 1.80. The zero-order valence-corrected chi connectivity index (χ0v) is 14.6. The molecule has 0 bridgehead atoms. The number of rotatable bonds is 3. The summed E-state index contributed by atoms with van der Waals surface area (Å²) in [6, 6.07) is 7.70. The number of hydrogen-bond donors (Lipinski definition) is 0. The number of esters is 2. The summed E-state index contributed by atoms with van der Waals surface area (Å²) < 4.78 is 9.24. The van der Waals surface area contributed by atoms with Gasteiger partial charge in [0.1, 0.15) is 5.70 Å². The van der Waals surface area contributed by atoms with Gasteiger partial charge >= 0.3 is 11.9 Å². The van der Waals surface area contributed by atoms with Gasteiger partial charge in [-0.1, -0.05) is 18.7 Å². The number of ether oxygens (including phenoxy) is 2. The molecule has 1 aromatic carbocycles. The van der Waals surface area contributed by atoms with Gasteiger partial charge in [-0.15, -0.1) is 17.7 Å². The summed E-state index contributed by atoms with van der Waals surface area (Å²) in [6.45, 7) is 1.75. The summed E-state index contributed by atoms with van der Waals surface area (Å²) in [5, 5.41) is 0. The maximum Gasteiger partial charge on any atom is 0.354 e. The van der Waals surface area contributed by atoms with Crippen LogP contribution in [0.15, 0.2) is 42.2 Å². The summed E-state index contributed by atoms with van der Waals surface area (Å²) in [5.74, 6) is -1.23. The first-order valence-electron chi connectivity index (χ1n) is 5.94. The van der Waals surface area contributed by atoms with Crippen LogP contribution in [0.25, 0.3) is 6.08 Å². The van der Waals surface area contributed by atoms with Gasteiger partial charge in [0.15, 0.2) is 0 Å². The molecular weight excluding hydrogens is 347 g/mol. The average molecular weight is 361 g/mol. The van der Waals surface area contributed by atoms with Crippen LogP contribution in [0.5, 0.6) is 0 Å². The van der Waals surface area contributed by atoms with Crippen LogP contribution < -0.4 is 0 Å². The van der Waals surface area contributed by atoms with Crippen molar-refractivity contribution in [2.45, 2.75) is 0 Å². The van der Waals surface area contributed by atoms with E-state index in [9.17, 15) is 9.59 Å². The van der Waals surface area contributed by atoms with Gasteiger partial charge in [-0.3, -0.25) is 0 Å². The fraction of sp³-hybridized carbons (Fsp3) is 0.133. The van der Waals surface area contributed by atoms with Crippen LogP contribution in [-0.2, 0) is 51.8 Å². The first-order valence-corrected chi connectivity index (χ1v) is 5.94. The third kappa shape index (κ3) is 4.19. The minimum atomic E-state index is -0.619. The monoisotopic (exact) mass is 361 g/mol. The molecular formula is C15H14NO4Y-. The molecule has 1 aromatic rings. The largest absolute Gasteiger partial charge is 0.466 e. The van der Waals surface area contributed by atoms with E-state index >= 15 is 0 Å². The number of carbonyl (C=O) groups excluding carboxylic acids is 2. The molecule has 0 saturated carbocycles. The Kier molecular flexibility index (Phi) is 6.66. The Hall–Kier alpha value is -1.59. The third-order valence-electron chi connectivity index (χ3n) is 2.82. The van der Waals surface area contributed by atoms with Crippen LogP contribution in [0.4, 0.5) is 0 Å². The number of fused-ring (bicyclic) bond motifs is 1. The molecule has 0 aliphatic carbocycles. The number of nitrogens with zero attached hydrogens (tertiary/aromatic N) is 1. The number of benzene rings is 1.